The number of rotatable bonds is 2. The average Bonchev–Trinajstić information content (AvgIpc) is 2.87. The molecule has 30 heavy (non-hydrogen) atoms. The van der Waals surface area contributed by atoms with Gasteiger partial charge >= 0.3 is 6.18 Å². The van der Waals surface area contributed by atoms with Gasteiger partial charge in [-0.25, -0.2) is 9.07 Å². The quantitative estimate of drug-likeness (QED) is 0.535. The summed E-state index contributed by atoms with van der Waals surface area (Å²) in [6.07, 6.45) is -3.83. The fourth-order valence-corrected chi connectivity index (χ4v) is 3.93. The number of halogens is 4. The van der Waals surface area contributed by atoms with Crippen molar-refractivity contribution < 1.29 is 22.3 Å². The summed E-state index contributed by atoms with van der Waals surface area (Å²) >= 11 is 0. The average molecular weight is 419 g/mol. The number of aryl methyl sites for hydroxylation is 2. The maximum Gasteiger partial charge on any atom is 0.419 e. The van der Waals surface area contributed by atoms with Gasteiger partial charge in [0.25, 0.3) is 0 Å². The molecule has 158 valence electrons. The molecule has 4 rings (SSSR count). The number of alkyl halides is 3. The molecule has 0 unspecified atom stereocenters. The molecule has 0 radical (unpaired) electrons. The van der Waals surface area contributed by atoms with Gasteiger partial charge in [-0.15, -0.1) is 0 Å². The summed E-state index contributed by atoms with van der Waals surface area (Å²) in [5, 5.41) is 4.69. The SMILES string of the molecule is Cc1cc(-c2nn(-c3ccc(F)c(C(F)(F)F)c3)c3c2CCO[C@H](C)C3)cc(C)n1. The fraction of sp³-hybridized carbons (Fsp3) is 0.364. The second-order valence-corrected chi connectivity index (χ2v) is 7.62. The maximum absolute atomic E-state index is 13.8. The largest absolute Gasteiger partial charge is 0.419 e. The van der Waals surface area contributed by atoms with E-state index in [2.05, 4.69) is 10.1 Å². The third-order valence-corrected chi connectivity index (χ3v) is 5.18. The number of nitrogens with zero attached hydrogens (tertiary/aromatic N) is 3. The zero-order valence-electron chi connectivity index (χ0n) is 16.8. The van der Waals surface area contributed by atoms with Gasteiger partial charge in [-0.3, -0.25) is 4.98 Å². The number of hydrogen-bond donors (Lipinski definition) is 0. The third kappa shape index (κ3) is 3.84. The first-order valence-electron chi connectivity index (χ1n) is 9.68. The zero-order valence-corrected chi connectivity index (χ0v) is 16.8. The monoisotopic (exact) mass is 419 g/mol. The Balaban J connectivity index is 1.94. The first kappa shape index (κ1) is 20.5. The number of benzene rings is 1. The molecule has 1 aliphatic rings. The molecule has 3 heterocycles. The highest BCUT2D eigenvalue weighted by atomic mass is 19.4. The van der Waals surface area contributed by atoms with E-state index in [-0.39, 0.29) is 11.8 Å². The van der Waals surface area contributed by atoms with Crippen LogP contribution in [0.25, 0.3) is 16.9 Å². The first-order chi connectivity index (χ1) is 14.1. The van der Waals surface area contributed by atoms with Gasteiger partial charge < -0.3 is 4.74 Å². The Morgan fingerprint density at radius 3 is 2.47 bits per heavy atom. The number of aromatic nitrogens is 3. The minimum Gasteiger partial charge on any atom is -0.378 e. The van der Waals surface area contributed by atoms with E-state index in [1.807, 2.05) is 32.9 Å². The lowest BCUT2D eigenvalue weighted by Gasteiger charge is -2.14. The highest BCUT2D eigenvalue weighted by Gasteiger charge is 2.35. The van der Waals surface area contributed by atoms with E-state index in [1.54, 1.807) is 0 Å². The molecule has 0 spiro atoms. The van der Waals surface area contributed by atoms with Crippen LogP contribution in [0.15, 0.2) is 30.3 Å². The molecule has 8 heteroatoms. The zero-order chi connectivity index (χ0) is 21.6. The van der Waals surface area contributed by atoms with E-state index in [4.69, 9.17) is 4.74 Å². The topological polar surface area (TPSA) is 39.9 Å². The molecule has 0 bridgehead atoms. The third-order valence-electron chi connectivity index (χ3n) is 5.18. The van der Waals surface area contributed by atoms with Gasteiger partial charge in [0.05, 0.1) is 35.3 Å². The van der Waals surface area contributed by atoms with E-state index in [0.29, 0.717) is 25.1 Å². The summed E-state index contributed by atoms with van der Waals surface area (Å²) in [6, 6.07) is 6.78. The summed E-state index contributed by atoms with van der Waals surface area (Å²) in [5.74, 6) is -1.30. The molecule has 3 aromatic rings. The molecule has 1 atom stereocenters. The van der Waals surface area contributed by atoms with Crippen molar-refractivity contribution in [2.24, 2.45) is 0 Å². The van der Waals surface area contributed by atoms with Crippen LogP contribution in [0.1, 0.15) is 35.1 Å². The van der Waals surface area contributed by atoms with Crippen LogP contribution in [0.3, 0.4) is 0 Å². The van der Waals surface area contributed by atoms with E-state index in [1.165, 1.54) is 10.7 Å². The Bertz CT molecular complexity index is 1080. The van der Waals surface area contributed by atoms with Crippen molar-refractivity contribution in [2.75, 3.05) is 6.61 Å². The Kier molecular flexibility index (Phi) is 5.13. The van der Waals surface area contributed by atoms with E-state index >= 15 is 0 Å². The van der Waals surface area contributed by atoms with Gasteiger partial charge in [0.1, 0.15) is 5.82 Å². The summed E-state index contributed by atoms with van der Waals surface area (Å²) in [7, 11) is 0. The van der Waals surface area contributed by atoms with Gasteiger partial charge in [0.15, 0.2) is 0 Å². The van der Waals surface area contributed by atoms with Crippen LogP contribution >= 0.6 is 0 Å². The summed E-state index contributed by atoms with van der Waals surface area (Å²) < 4.78 is 60.9. The van der Waals surface area contributed by atoms with Crippen molar-refractivity contribution in [3.8, 4) is 16.9 Å². The molecule has 0 N–H and O–H groups in total. The van der Waals surface area contributed by atoms with Crippen molar-refractivity contribution in [1.29, 1.82) is 0 Å². The maximum atomic E-state index is 13.8. The minimum absolute atomic E-state index is 0.113. The molecule has 0 saturated carbocycles. The molecule has 0 amide bonds. The van der Waals surface area contributed by atoms with Crippen LogP contribution in [-0.4, -0.2) is 27.5 Å². The van der Waals surface area contributed by atoms with Crippen molar-refractivity contribution in [2.45, 2.75) is 45.9 Å². The molecular formula is C22H21F4N3O. The van der Waals surface area contributed by atoms with E-state index < -0.39 is 17.6 Å². The lowest BCUT2D eigenvalue weighted by molar-refractivity contribution is -0.140. The number of fused-ring (bicyclic) bond motifs is 1. The summed E-state index contributed by atoms with van der Waals surface area (Å²) in [6.45, 7) is 6.17. The molecule has 1 aromatic carbocycles. The fourth-order valence-electron chi connectivity index (χ4n) is 3.93. The summed E-state index contributed by atoms with van der Waals surface area (Å²) in [5.41, 5.74) is 3.77. The number of hydrogen-bond acceptors (Lipinski definition) is 3. The van der Waals surface area contributed by atoms with Gasteiger partial charge in [0, 0.05) is 28.9 Å². The predicted octanol–water partition coefficient (Wildman–Crippen LogP) is 5.21. The van der Waals surface area contributed by atoms with Crippen LogP contribution in [0, 0.1) is 19.7 Å². The van der Waals surface area contributed by atoms with E-state index in [9.17, 15) is 17.6 Å². The Labute approximate surface area is 171 Å². The van der Waals surface area contributed by atoms with Crippen LogP contribution in [-0.2, 0) is 23.8 Å². The normalized spacial score (nSPS) is 17.0. The van der Waals surface area contributed by atoms with Gasteiger partial charge in [-0.1, -0.05) is 0 Å². The molecule has 0 saturated heterocycles. The van der Waals surface area contributed by atoms with Gasteiger partial charge in [0.2, 0.25) is 0 Å². The van der Waals surface area contributed by atoms with Crippen molar-refractivity contribution in [1.82, 2.24) is 14.8 Å². The van der Waals surface area contributed by atoms with Gasteiger partial charge in [-0.2, -0.15) is 18.3 Å². The van der Waals surface area contributed by atoms with Crippen LogP contribution in [0.5, 0.6) is 0 Å². The highest BCUT2D eigenvalue weighted by molar-refractivity contribution is 5.66. The van der Waals surface area contributed by atoms with Crippen molar-refractivity contribution >= 4 is 0 Å². The second kappa shape index (κ2) is 7.50. The number of ether oxygens (including phenoxy) is 1. The van der Waals surface area contributed by atoms with Crippen LogP contribution in [0.2, 0.25) is 0 Å². The number of pyridine rings is 1. The van der Waals surface area contributed by atoms with E-state index in [0.717, 1.165) is 40.3 Å². The van der Waals surface area contributed by atoms with Crippen LogP contribution < -0.4 is 0 Å². The molecule has 0 fully saturated rings. The molecular weight excluding hydrogens is 398 g/mol. The predicted molar refractivity (Wildman–Crippen MR) is 104 cm³/mol. The highest BCUT2D eigenvalue weighted by Crippen LogP contribution is 2.35. The molecule has 2 aromatic heterocycles. The van der Waals surface area contributed by atoms with Crippen molar-refractivity contribution in [3.05, 3.63) is 64.4 Å². The molecule has 0 aliphatic carbocycles. The van der Waals surface area contributed by atoms with Gasteiger partial charge in [-0.05, 0) is 57.5 Å². The lowest BCUT2D eigenvalue weighted by atomic mass is 10.0. The Hall–Kier alpha value is -2.74. The minimum atomic E-state index is -4.79. The second-order valence-electron chi connectivity index (χ2n) is 7.62. The van der Waals surface area contributed by atoms with Crippen molar-refractivity contribution in [3.63, 3.8) is 0 Å². The Morgan fingerprint density at radius 2 is 1.80 bits per heavy atom. The molecule has 4 nitrogen and oxygen atoms in total. The molecule has 1 aliphatic heterocycles. The smallest absolute Gasteiger partial charge is 0.378 e. The standard InChI is InChI=1S/C22H21F4N3O/c1-12-8-15(9-13(2)27-12)21-17-6-7-30-14(3)10-20(17)29(28-21)16-4-5-19(23)18(11-16)22(24,25)26/h4-5,8-9,11,14H,6-7,10H2,1-3H3/t14-/m1/s1. The van der Waals surface area contributed by atoms with Crippen LogP contribution in [0.4, 0.5) is 17.6 Å². The lowest BCUT2D eigenvalue weighted by Crippen LogP contribution is -2.14. The summed E-state index contributed by atoms with van der Waals surface area (Å²) in [4.78, 5) is 4.39. The first-order valence-corrected chi connectivity index (χ1v) is 9.68. The Morgan fingerprint density at radius 1 is 1.10 bits per heavy atom.